The summed E-state index contributed by atoms with van der Waals surface area (Å²) in [6.45, 7) is 3.82. The Kier molecular flexibility index (Phi) is 3.46. The monoisotopic (exact) mass is 257 g/mol. The number of carboxylic acid groups (broad SMARTS) is 1. The highest BCUT2D eigenvalue weighted by Gasteiger charge is 2.08. The highest BCUT2D eigenvalue weighted by molar-refractivity contribution is 5.88. The first kappa shape index (κ1) is 13.0. The summed E-state index contributed by atoms with van der Waals surface area (Å²) in [5, 5.41) is 8.86. The molecule has 1 aromatic heterocycles. The van der Waals surface area contributed by atoms with Crippen molar-refractivity contribution >= 4 is 17.5 Å². The van der Waals surface area contributed by atoms with Crippen molar-refractivity contribution in [2.75, 3.05) is 11.9 Å². The van der Waals surface area contributed by atoms with Gasteiger partial charge in [0.05, 0.1) is 23.1 Å². The fraction of sp³-hybridized carbons (Fsp3) is 0.214. The van der Waals surface area contributed by atoms with Crippen LogP contribution in [0.3, 0.4) is 0 Å². The van der Waals surface area contributed by atoms with Crippen molar-refractivity contribution in [3.05, 3.63) is 47.4 Å². The number of carboxylic acids is 1. The van der Waals surface area contributed by atoms with E-state index in [9.17, 15) is 4.79 Å². The van der Waals surface area contributed by atoms with Crippen LogP contribution in [0.1, 0.15) is 21.7 Å². The van der Waals surface area contributed by atoms with Crippen LogP contribution in [0.2, 0.25) is 0 Å². The second-order valence-corrected chi connectivity index (χ2v) is 4.31. The molecular formula is C14H15N3O2. The second kappa shape index (κ2) is 5.06. The van der Waals surface area contributed by atoms with Crippen LogP contribution >= 0.6 is 0 Å². The number of aryl methyl sites for hydroxylation is 2. The molecule has 2 rings (SSSR count). The van der Waals surface area contributed by atoms with Crippen molar-refractivity contribution in [2.45, 2.75) is 13.8 Å². The molecule has 0 spiro atoms. The first-order valence-corrected chi connectivity index (χ1v) is 5.86. The summed E-state index contributed by atoms with van der Waals surface area (Å²) >= 11 is 0. The number of nitrogens with zero attached hydrogens (tertiary/aromatic N) is 3. The van der Waals surface area contributed by atoms with Crippen LogP contribution < -0.4 is 4.90 Å². The standard InChI is InChI=1S/C14H15N3O2/c1-9-10(2)16-13(8-15-9)17(3)12-6-4-11(5-7-12)14(18)19/h4-8H,1-3H3,(H,18,19). The van der Waals surface area contributed by atoms with Gasteiger partial charge in [-0.1, -0.05) is 0 Å². The summed E-state index contributed by atoms with van der Waals surface area (Å²) < 4.78 is 0. The lowest BCUT2D eigenvalue weighted by Gasteiger charge is -2.18. The van der Waals surface area contributed by atoms with Gasteiger partial charge >= 0.3 is 5.97 Å². The lowest BCUT2D eigenvalue weighted by atomic mass is 10.2. The van der Waals surface area contributed by atoms with Crippen molar-refractivity contribution < 1.29 is 9.90 Å². The average Bonchev–Trinajstić information content (AvgIpc) is 2.41. The Balaban J connectivity index is 2.30. The lowest BCUT2D eigenvalue weighted by Crippen LogP contribution is -2.13. The molecule has 0 atom stereocenters. The summed E-state index contributed by atoms with van der Waals surface area (Å²) in [5.41, 5.74) is 2.91. The number of carbonyl (C=O) groups is 1. The highest BCUT2D eigenvalue weighted by atomic mass is 16.4. The fourth-order valence-electron chi connectivity index (χ4n) is 1.65. The smallest absolute Gasteiger partial charge is 0.335 e. The molecule has 0 unspecified atom stereocenters. The molecule has 0 amide bonds. The molecule has 0 aliphatic rings. The minimum absolute atomic E-state index is 0.267. The van der Waals surface area contributed by atoms with E-state index in [1.807, 2.05) is 25.8 Å². The lowest BCUT2D eigenvalue weighted by molar-refractivity contribution is 0.0697. The van der Waals surface area contributed by atoms with Gasteiger partial charge in [0.25, 0.3) is 0 Å². The van der Waals surface area contributed by atoms with E-state index in [-0.39, 0.29) is 5.56 Å². The zero-order valence-corrected chi connectivity index (χ0v) is 11.1. The van der Waals surface area contributed by atoms with Crippen LogP contribution in [-0.2, 0) is 0 Å². The third-order valence-electron chi connectivity index (χ3n) is 3.02. The van der Waals surface area contributed by atoms with Gasteiger partial charge in [-0.2, -0.15) is 0 Å². The number of hydrogen-bond donors (Lipinski definition) is 1. The van der Waals surface area contributed by atoms with Gasteiger partial charge in [0.1, 0.15) is 0 Å². The third kappa shape index (κ3) is 2.70. The topological polar surface area (TPSA) is 66.3 Å². The average molecular weight is 257 g/mol. The molecule has 5 heteroatoms. The molecule has 1 N–H and O–H groups in total. The van der Waals surface area contributed by atoms with Crippen molar-refractivity contribution in [1.29, 1.82) is 0 Å². The summed E-state index contributed by atoms with van der Waals surface area (Å²) in [6.07, 6.45) is 1.70. The van der Waals surface area contributed by atoms with Gasteiger partial charge in [0.15, 0.2) is 5.82 Å². The molecule has 0 aliphatic carbocycles. The quantitative estimate of drug-likeness (QED) is 0.915. The van der Waals surface area contributed by atoms with E-state index in [1.54, 1.807) is 30.5 Å². The number of rotatable bonds is 3. The molecule has 0 fully saturated rings. The van der Waals surface area contributed by atoms with Gasteiger partial charge in [0, 0.05) is 12.7 Å². The van der Waals surface area contributed by atoms with Crippen LogP contribution in [0.5, 0.6) is 0 Å². The molecule has 0 saturated carbocycles. The number of anilines is 2. The van der Waals surface area contributed by atoms with E-state index < -0.39 is 5.97 Å². The normalized spacial score (nSPS) is 10.3. The zero-order chi connectivity index (χ0) is 14.0. The number of benzene rings is 1. The Bertz CT molecular complexity index is 609. The van der Waals surface area contributed by atoms with Crippen molar-refractivity contribution in [2.24, 2.45) is 0 Å². The van der Waals surface area contributed by atoms with E-state index in [0.717, 1.165) is 22.9 Å². The molecule has 0 saturated heterocycles. The Morgan fingerprint density at radius 3 is 2.32 bits per heavy atom. The number of aromatic carboxylic acids is 1. The largest absolute Gasteiger partial charge is 0.478 e. The van der Waals surface area contributed by atoms with E-state index in [0.29, 0.717) is 0 Å². The van der Waals surface area contributed by atoms with E-state index in [4.69, 9.17) is 5.11 Å². The van der Waals surface area contributed by atoms with Gasteiger partial charge in [-0.05, 0) is 38.1 Å². The summed E-state index contributed by atoms with van der Waals surface area (Å²) in [4.78, 5) is 21.4. The van der Waals surface area contributed by atoms with Crippen molar-refractivity contribution in [1.82, 2.24) is 9.97 Å². The molecule has 0 radical (unpaired) electrons. The van der Waals surface area contributed by atoms with Crippen LogP contribution in [-0.4, -0.2) is 28.1 Å². The van der Waals surface area contributed by atoms with E-state index in [2.05, 4.69) is 9.97 Å². The van der Waals surface area contributed by atoms with Gasteiger partial charge in [0.2, 0.25) is 0 Å². The van der Waals surface area contributed by atoms with Crippen LogP contribution in [0.15, 0.2) is 30.5 Å². The predicted molar refractivity (Wildman–Crippen MR) is 73.0 cm³/mol. The molecule has 5 nitrogen and oxygen atoms in total. The Morgan fingerprint density at radius 2 is 1.79 bits per heavy atom. The molecule has 19 heavy (non-hydrogen) atoms. The highest BCUT2D eigenvalue weighted by Crippen LogP contribution is 2.22. The van der Waals surface area contributed by atoms with Gasteiger partial charge < -0.3 is 10.0 Å². The molecule has 2 aromatic rings. The summed E-state index contributed by atoms with van der Waals surface area (Å²) in [5.74, 6) is -0.202. The molecule has 1 aromatic carbocycles. The zero-order valence-electron chi connectivity index (χ0n) is 11.1. The molecule has 98 valence electrons. The molecule has 0 aliphatic heterocycles. The maximum absolute atomic E-state index is 10.8. The van der Waals surface area contributed by atoms with Crippen LogP contribution in [0.4, 0.5) is 11.5 Å². The summed E-state index contributed by atoms with van der Waals surface area (Å²) in [6, 6.07) is 6.64. The Hall–Kier alpha value is -2.43. The maximum atomic E-state index is 10.8. The third-order valence-corrected chi connectivity index (χ3v) is 3.02. The second-order valence-electron chi connectivity index (χ2n) is 4.31. The van der Waals surface area contributed by atoms with Crippen LogP contribution in [0.25, 0.3) is 0 Å². The van der Waals surface area contributed by atoms with Crippen LogP contribution in [0, 0.1) is 13.8 Å². The summed E-state index contributed by atoms with van der Waals surface area (Å²) in [7, 11) is 1.87. The van der Waals surface area contributed by atoms with Gasteiger partial charge in [-0.3, -0.25) is 4.98 Å². The van der Waals surface area contributed by atoms with Gasteiger partial charge in [-0.25, -0.2) is 9.78 Å². The first-order valence-electron chi connectivity index (χ1n) is 5.86. The minimum atomic E-state index is -0.930. The first-order chi connectivity index (χ1) is 8.99. The SMILES string of the molecule is Cc1ncc(N(C)c2ccc(C(=O)O)cc2)nc1C. The number of aromatic nitrogens is 2. The minimum Gasteiger partial charge on any atom is -0.478 e. The maximum Gasteiger partial charge on any atom is 0.335 e. The Labute approximate surface area is 111 Å². The van der Waals surface area contributed by atoms with E-state index in [1.165, 1.54) is 0 Å². The Morgan fingerprint density at radius 1 is 1.16 bits per heavy atom. The van der Waals surface area contributed by atoms with Crippen molar-refractivity contribution in [3.8, 4) is 0 Å². The molecular weight excluding hydrogens is 242 g/mol. The molecule has 1 heterocycles. The predicted octanol–water partition coefficient (Wildman–Crippen LogP) is 2.56. The van der Waals surface area contributed by atoms with E-state index >= 15 is 0 Å². The van der Waals surface area contributed by atoms with Crippen molar-refractivity contribution in [3.63, 3.8) is 0 Å². The van der Waals surface area contributed by atoms with Gasteiger partial charge in [-0.15, -0.1) is 0 Å². The number of hydrogen-bond acceptors (Lipinski definition) is 4. The fourth-order valence-corrected chi connectivity index (χ4v) is 1.65. The molecule has 0 bridgehead atoms.